The van der Waals surface area contributed by atoms with Crippen LogP contribution in [0.3, 0.4) is 0 Å². The first-order valence-corrected chi connectivity index (χ1v) is 9.20. The van der Waals surface area contributed by atoms with Crippen molar-refractivity contribution in [3.63, 3.8) is 0 Å². The molecule has 3 fully saturated rings. The SMILES string of the molecule is CC(=O)Nc1ccc(CNC2CC3(C2)CC2(CC(C(=O)O)C2)C3)cc1. The number of nitrogens with one attached hydrogen (secondary N) is 2. The van der Waals surface area contributed by atoms with Crippen LogP contribution in [0.15, 0.2) is 24.3 Å². The van der Waals surface area contributed by atoms with Crippen LogP contribution in [0.25, 0.3) is 0 Å². The van der Waals surface area contributed by atoms with Gasteiger partial charge in [-0.15, -0.1) is 0 Å². The highest BCUT2D eigenvalue weighted by Crippen LogP contribution is 2.72. The quantitative estimate of drug-likeness (QED) is 0.768. The molecule has 0 aromatic heterocycles. The molecule has 134 valence electrons. The van der Waals surface area contributed by atoms with E-state index in [1.807, 2.05) is 24.3 Å². The average molecular weight is 342 g/mol. The van der Waals surface area contributed by atoms with Gasteiger partial charge in [0.15, 0.2) is 0 Å². The lowest BCUT2D eigenvalue weighted by Gasteiger charge is -2.68. The second-order valence-electron chi connectivity index (χ2n) is 8.66. The van der Waals surface area contributed by atoms with E-state index < -0.39 is 5.97 Å². The smallest absolute Gasteiger partial charge is 0.306 e. The Morgan fingerprint density at radius 2 is 1.68 bits per heavy atom. The molecular weight excluding hydrogens is 316 g/mol. The highest BCUT2D eigenvalue weighted by molar-refractivity contribution is 5.88. The van der Waals surface area contributed by atoms with Crippen molar-refractivity contribution in [1.82, 2.24) is 5.32 Å². The van der Waals surface area contributed by atoms with Crippen LogP contribution in [-0.4, -0.2) is 23.0 Å². The van der Waals surface area contributed by atoms with E-state index >= 15 is 0 Å². The van der Waals surface area contributed by atoms with Crippen LogP contribution in [0.4, 0.5) is 5.69 Å². The molecule has 3 aliphatic carbocycles. The summed E-state index contributed by atoms with van der Waals surface area (Å²) in [6, 6.07) is 8.55. The summed E-state index contributed by atoms with van der Waals surface area (Å²) in [5.41, 5.74) is 2.95. The molecule has 1 aromatic carbocycles. The van der Waals surface area contributed by atoms with Crippen LogP contribution in [0.5, 0.6) is 0 Å². The first kappa shape index (κ1) is 16.6. The zero-order chi connectivity index (χ0) is 17.7. The Kier molecular flexibility index (Phi) is 3.87. The molecule has 5 heteroatoms. The third-order valence-corrected chi connectivity index (χ3v) is 6.44. The number of hydrogen-bond acceptors (Lipinski definition) is 3. The van der Waals surface area contributed by atoms with Crippen molar-refractivity contribution in [3.05, 3.63) is 29.8 Å². The van der Waals surface area contributed by atoms with Gasteiger partial charge in [-0.2, -0.15) is 0 Å². The maximum Gasteiger partial charge on any atom is 0.306 e. The van der Waals surface area contributed by atoms with Gasteiger partial charge in [-0.1, -0.05) is 12.1 Å². The summed E-state index contributed by atoms with van der Waals surface area (Å²) in [7, 11) is 0. The van der Waals surface area contributed by atoms with E-state index in [1.54, 1.807) is 0 Å². The summed E-state index contributed by atoms with van der Waals surface area (Å²) in [6.07, 6.45) is 6.76. The molecule has 2 spiro atoms. The highest BCUT2D eigenvalue weighted by Gasteiger charge is 2.64. The van der Waals surface area contributed by atoms with E-state index in [2.05, 4.69) is 10.6 Å². The van der Waals surface area contributed by atoms with Crippen LogP contribution in [0.1, 0.15) is 51.0 Å². The molecule has 0 radical (unpaired) electrons. The lowest BCUT2D eigenvalue weighted by Crippen LogP contribution is -2.62. The fourth-order valence-corrected chi connectivity index (χ4v) is 5.58. The number of hydrogen-bond donors (Lipinski definition) is 3. The fraction of sp³-hybridized carbons (Fsp3) is 0.600. The van der Waals surface area contributed by atoms with Crippen molar-refractivity contribution in [2.75, 3.05) is 5.32 Å². The molecule has 5 nitrogen and oxygen atoms in total. The topological polar surface area (TPSA) is 78.4 Å². The largest absolute Gasteiger partial charge is 0.481 e. The van der Waals surface area contributed by atoms with E-state index in [9.17, 15) is 9.59 Å². The minimum atomic E-state index is -0.607. The molecule has 4 rings (SSSR count). The third-order valence-electron chi connectivity index (χ3n) is 6.44. The molecule has 0 atom stereocenters. The second-order valence-corrected chi connectivity index (χ2v) is 8.66. The van der Waals surface area contributed by atoms with Crippen molar-refractivity contribution in [3.8, 4) is 0 Å². The van der Waals surface area contributed by atoms with Crippen molar-refractivity contribution in [2.24, 2.45) is 16.7 Å². The number of benzene rings is 1. The summed E-state index contributed by atoms with van der Waals surface area (Å²) in [5, 5.41) is 15.4. The van der Waals surface area contributed by atoms with Crippen LogP contribution in [0.2, 0.25) is 0 Å². The first-order valence-electron chi connectivity index (χ1n) is 9.20. The summed E-state index contributed by atoms with van der Waals surface area (Å²) in [6.45, 7) is 2.37. The number of carbonyl (C=O) groups is 2. The number of anilines is 1. The number of carboxylic acids is 1. The number of carbonyl (C=O) groups excluding carboxylic acids is 1. The number of aliphatic carboxylic acids is 1. The predicted molar refractivity (Wildman–Crippen MR) is 95.1 cm³/mol. The van der Waals surface area contributed by atoms with Crippen LogP contribution < -0.4 is 10.6 Å². The van der Waals surface area contributed by atoms with Crippen molar-refractivity contribution < 1.29 is 14.7 Å². The van der Waals surface area contributed by atoms with Gasteiger partial charge in [0.2, 0.25) is 5.91 Å². The van der Waals surface area contributed by atoms with Gasteiger partial charge in [0.1, 0.15) is 0 Å². The second kappa shape index (κ2) is 5.84. The molecule has 0 heterocycles. The van der Waals surface area contributed by atoms with Gasteiger partial charge in [0, 0.05) is 25.2 Å². The molecular formula is C20H26N2O3. The minimum absolute atomic E-state index is 0.0509. The van der Waals surface area contributed by atoms with Crippen LogP contribution in [0, 0.1) is 16.7 Å². The summed E-state index contributed by atoms with van der Waals surface area (Å²) in [5.74, 6) is -0.735. The molecule has 0 saturated heterocycles. The number of rotatable bonds is 5. The molecule has 1 aromatic rings. The van der Waals surface area contributed by atoms with E-state index in [0.717, 1.165) is 25.1 Å². The Labute approximate surface area is 148 Å². The van der Waals surface area contributed by atoms with Gasteiger partial charge in [-0.05, 0) is 67.1 Å². The van der Waals surface area contributed by atoms with Gasteiger partial charge >= 0.3 is 5.97 Å². The highest BCUT2D eigenvalue weighted by atomic mass is 16.4. The molecule has 0 aliphatic heterocycles. The molecule has 0 bridgehead atoms. The van der Waals surface area contributed by atoms with Gasteiger partial charge in [-0.3, -0.25) is 9.59 Å². The Balaban J connectivity index is 1.18. The maximum absolute atomic E-state index is 11.0. The Morgan fingerprint density at radius 3 is 2.24 bits per heavy atom. The predicted octanol–water partition coefficient (Wildman–Crippen LogP) is 3.16. The van der Waals surface area contributed by atoms with Crippen molar-refractivity contribution in [1.29, 1.82) is 0 Å². The summed E-state index contributed by atoms with van der Waals surface area (Å²) >= 11 is 0. The van der Waals surface area contributed by atoms with Crippen LogP contribution in [-0.2, 0) is 16.1 Å². The third kappa shape index (κ3) is 3.17. The Hall–Kier alpha value is -1.88. The van der Waals surface area contributed by atoms with E-state index in [-0.39, 0.29) is 11.8 Å². The van der Waals surface area contributed by atoms with Crippen molar-refractivity contribution >= 4 is 17.6 Å². The van der Waals surface area contributed by atoms with E-state index in [0.29, 0.717) is 16.9 Å². The van der Waals surface area contributed by atoms with Gasteiger partial charge in [0.25, 0.3) is 0 Å². The lowest BCUT2D eigenvalue weighted by molar-refractivity contribution is -0.187. The Morgan fingerprint density at radius 1 is 1.08 bits per heavy atom. The van der Waals surface area contributed by atoms with Gasteiger partial charge in [0.05, 0.1) is 5.92 Å². The zero-order valence-corrected chi connectivity index (χ0v) is 14.7. The minimum Gasteiger partial charge on any atom is -0.481 e. The molecule has 1 amide bonds. The van der Waals surface area contributed by atoms with Gasteiger partial charge in [-0.25, -0.2) is 0 Å². The van der Waals surface area contributed by atoms with E-state index in [1.165, 1.54) is 38.2 Å². The normalized spacial score (nSPS) is 35.6. The first-order chi connectivity index (χ1) is 11.9. The van der Waals surface area contributed by atoms with Crippen LogP contribution >= 0.6 is 0 Å². The molecule has 0 unspecified atom stereocenters. The summed E-state index contributed by atoms with van der Waals surface area (Å²) < 4.78 is 0. The standard InChI is InChI=1S/C20H26N2O3/c1-13(23)22-16-4-2-14(3-5-16)10-21-17-8-20(9-17)11-19(12-20)6-15(7-19)18(24)25/h2-5,15,17,21H,6-12H2,1H3,(H,22,23)(H,24,25). The monoisotopic (exact) mass is 342 g/mol. The van der Waals surface area contributed by atoms with Crippen molar-refractivity contribution in [2.45, 2.75) is 58.0 Å². The number of carboxylic acid groups (broad SMARTS) is 1. The molecule has 3 N–H and O–H groups in total. The number of amides is 1. The molecule has 3 aliphatic rings. The molecule has 25 heavy (non-hydrogen) atoms. The maximum atomic E-state index is 11.0. The Bertz CT molecular complexity index is 675. The summed E-state index contributed by atoms with van der Waals surface area (Å²) in [4.78, 5) is 22.0. The fourth-order valence-electron chi connectivity index (χ4n) is 5.58. The zero-order valence-electron chi connectivity index (χ0n) is 14.7. The lowest BCUT2D eigenvalue weighted by atomic mass is 9.37. The van der Waals surface area contributed by atoms with E-state index in [4.69, 9.17) is 5.11 Å². The molecule has 3 saturated carbocycles. The average Bonchev–Trinajstić information content (AvgIpc) is 2.42. The van der Waals surface area contributed by atoms with Gasteiger partial charge < -0.3 is 15.7 Å².